The summed E-state index contributed by atoms with van der Waals surface area (Å²) in [5.74, 6) is 0. The number of hydrogen-bond donors (Lipinski definition) is 1. The number of benzene rings is 1. The molecule has 1 unspecified atom stereocenters. The summed E-state index contributed by atoms with van der Waals surface area (Å²) in [4.78, 5) is 4.34. The van der Waals surface area contributed by atoms with Crippen molar-refractivity contribution in [2.75, 3.05) is 6.54 Å². The highest BCUT2D eigenvalue weighted by molar-refractivity contribution is 9.10. The summed E-state index contributed by atoms with van der Waals surface area (Å²) in [6.07, 6.45) is 2.70. The quantitative estimate of drug-likeness (QED) is 0.866. The Bertz CT molecular complexity index is 502. The first-order valence-corrected chi connectivity index (χ1v) is 7.83. The Morgan fingerprint density at radius 3 is 3.00 bits per heavy atom. The van der Waals surface area contributed by atoms with E-state index in [0.29, 0.717) is 0 Å². The lowest BCUT2D eigenvalue weighted by Crippen LogP contribution is -2.23. The van der Waals surface area contributed by atoms with Crippen LogP contribution < -0.4 is 5.32 Å². The molecule has 1 N–H and O–H groups in total. The van der Waals surface area contributed by atoms with Crippen molar-refractivity contribution in [2.45, 2.75) is 19.4 Å². The van der Waals surface area contributed by atoms with Gasteiger partial charge in [-0.25, -0.2) is 4.98 Å². The van der Waals surface area contributed by atoms with Crippen molar-refractivity contribution in [3.05, 3.63) is 49.8 Å². The molecule has 2 nitrogen and oxygen atoms in total. The van der Waals surface area contributed by atoms with Gasteiger partial charge in [0, 0.05) is 28.5 Å². The Morgan fingerprint density at radius 1 is 1.50 bits per heavy atom. The van der Waals surface area contributed by atoms with Gasteiger partial charge < -0.3 is 5.32 Å². The molecule has 0 aliphatic heterocycles. The van der Waals surface area contributed by atoms with Gasteiger partial charge in [-0.1, -0.05) is 30.7 Å². The van der Waals surface area contributed by atoms with Crippen molar-refractivity contribution in [2.24, 2.45) is 0 Å². The van der Waals surface area contributed by atoms with Crippen LogP contribution in [0.15, 0.2) is 34.2 Å². The zero-order valence-electron chi connectivity index (χ0n) is 9.99. The molecule has 18 heavy (non-hydrogen) atoms. The van der Waals surface area contributed by atoms with Crippen LogP contribution in [0, 0.1) is 0 Å². The minimum absolute atomic E-state index is 0.200. The molecule has 1 aromatic carbocycles. The van der Waals surface area contributed by atoms with Crippen molar-refractivity contribution in [1.29, 1.82) is 0 Å². The molecule has 0 bridgehead atoms. The minimum atomic E-state index is 0.200. The van der Waals surface area contributed by atoms with Gasteiger partial charge >= 0.3 is 0 Å². The summed E-state index contributed by atoms with van der Waals surface area (Å²) >= 11 is 11.5. The standard InChI is InChI=1S/C13H14BrClN2S/c1-2-16-11(8-12-17-6-7-18-12)9-4-3-5-10(14)13(9)15/h3-7,11,16H,2,8H2,1H3. The van der Waals surface area contributed by atoms with Crippen molar-refractivity contribution >= 4 is 38.9 Å². The summed E-state index contributed by atoms with van der Waals surface area (Å²) < 4.78 is 0.934. The molecule has 0 spiro atoms. The van der Waals surface area contributed by atoms with Crippen LogP contribution in [0.4, 0.5) is 0 Å². The van der Waals surface area contributed by atoms with Gasteiger partial charge in [-0.15, -0.1) is 11.3 Å². The molecule has 1 atom stereocenters. The molecule has 5 heteroatoms. The fourth-order valence-electron chi connectivity index (χ4n) is 1.86. The number of hydrogen-bond acceptors (Lipinski definition) is 3. The smallest absolute Gasteiger partial charge is 0.0943 e. The fraction of sp³-hybridized carbons (Fsp3) is 0.308. The average molecular weight is 346 g/mol. The summed E-state index contributed by atoms with van der Waals surface area (Å²) in [6, 6.07) is 6.23. The number of aromatic nitrogens is 1. The molecular formula is C13H14BrClN2S. The maximum Gasteiger partial charge on any atom is 0.0943 e. The third kappa shape index (κ3) is 3.32. The molecule has 96 valence electrons. The Morgan fingerprint density at radius 2 is 2.33 bits per heavy atom. The maximum absolute atomic E-state index is 6.36. The number of rotatable bonds is 5. The second-order valence-corrected chi connectivity index (χ2v) is 6.09. The Labute approximate surface area is 125 Å². The zero-order chi connectivity index (χ0) is 13.0. The van der Waals surface area contributed by atoms with E-state index in [1.165, 1.54) is 0 Å². The van der Waals surface area contributed by atoms with Crippen molar-refractivity contribution in [1.82, 2.24) is 10.3 Å². The van der Waals surface area contributed by atoms with Crippen molar-refractivity contribution in [3.8, 4) is 0 Å². The van der Waals surface area contributed by atoms with Crippen LogP contribution in [0.3, 0.4) is 0 Å². The van der Waals surface area contributed by atoms with Gasteiger partial charge in [-0.2, -0.15) is 0 Å². The Hall–Kier alpha value is -0.420. The second-order valence-electron chi connectivity index (χ2n) is 3.88. The van der Waals surface area contributed by atoms with E-state index in [1.54, 1.807) is 11.3 Å². The molecule has 0 radical (unpaired) electrons. The SMILES string of the molecule is CCNC(Cc1nccs1)c1cccc(Br)c1Cl. The van der Waals surface area contributed by atoms with E-state index in [-0.39, 0.29) is 6.04 Å². The van der Waals surface area contributed by atoms with Gasteiger partial charge in [0.2, 0.25) is 0 Å². The van der Waals surface area contributed by atoms with E-state index in [2.05, 4.69) is 39.2 Å². The van der Waals surface area contributed by atoms with Gasteiger partial charge in [0.1, 0.15) is 0 Å². The molecule has 2 rings (SSSR count). The summed E-state index contributed by atoms with van der Waals surface area (Å²) in [5.41, 5.74) is 1.11. The minimum Gasteiger partial charge on any atom is -0.310 e. The number of likely N-dealkylation sites (N-methyl/N-ethyl adjacent to an activating group) is 1. The first-order valence-electron chi connectivity index (χ1n) is 5.78. The molecule has 2 aromatic rings. The third-order valence-electron chi connectivity index (χ3n) is 2.67. The highest BCUT2D eigenvalue weighted by Gasteiger charge is 2.16. The molecule has 0 fully saturated rings. The van der Waals surface area contributed by atoms with E-state index in [1.807, 2.05) is 23.7 Å². The molecular weight excluding hydrogens is 332 g/mol. The third-order valence-corrected chi connectivity index (χ3v) is 4.78. The molecule has 0 aliphatic carbocycles. The lowest BCUT2D eigenvalue weighted by atomic mass is 10.0. The van der Waals surface area contributed by atoms with E-state index in [9.17, 15) is 0 Å². The normalized spacial score (nSPS) is 12.6. The van der Waals surface area contributed by atoms with Gasteiger partial charge in [-0.05, 0) is 34.1 Å². The van der Waals surface area contributed by atoms with E-state index < -0.39 is 0 Å². The maximum atomic E-state index is 6.36. The predicted molar refractivity (Wildman–Crippen MR) is 81.4 cm³/mol. The first kappa shape index (κ1) is 14.0. The molecule has 0 saturated carbocycles. The highest BCUT2D eigenvalue weighted by Crippen LogP contribution is 2.32. The number of nitrogens with zero attached hydrogens (tertiary/aromatic N) is 1. The molecule has 0 saturated heterocycles. The van der Waals surface area contributed by atoms with Crippen LogP contribution in [0.5, 0.6) is 0 Å². The lowest BCUT2D eigenvalue weighted by molar-refractivity contribution is 0.548. The van der Waals surface area contributed by atoms with Crippen molar-refractivity contribution in [3.63, 3.8) is 0 Å². The monoisotopic (exact) mass is 344 g/mol. The van der Waals surface area contributed by atoms with Gasteiger partial charge in [0.15, 0.2) is 0 Å². The van der Waals surface area contributed by atoms with Gasteiger partial charge in [-0.3, -0.25) is 0 Å². The van der Waals surface area contributed by atoms with Crippen LogP contribution in [0.25, 0.3) is 0 Å². The second kappa shape index (κ2) is 6.66. The fourth-order valence-corrected chi connectivity index (χ4v) is 3.16. The van der Waals surface area contributed by atoms with Crippen LogP contribution in [0.1, 0.15) is 23.5 Å². The summed E-state index contributed by atoms with van der Waals surface area (Å²) in [5, 5.41) is 7.37. The van der Waals surface area contributed by atoms with Crippen LogP contribution >= 0.6 is 38.9 Å². The first-order chi connectivity index (χ1) is 8.72. The largest absolute Gasteiger partial charge is 0.310 e. The average Bonchev–Trinajstić information content (AvgIpc) is 2.85. The van der Waals surface area contributed by atoms with Crippen molar-refractivity contribution < 1.29 is 0 Å². The molecule has 0 amide bonds. The van der Waals surface area contributed by atoms with E-state index in [4.69, 9.17) is 11.6 Å². The zero-order valence-corrected chi connectivity index (χ0v) is 13.1. The van der Waals surface area contributed by atoms with E-state index in [0.717, 1.165) is 33.0 Å². The lowest BCUT2D eigenvalue weighted by Gasteiger charge is -2.19. The molecule has 1 heterocycles. The number of nitrogens with one attached hydrogen (secondary N) is 1. The van der Waals surface area contributed by atoms with E-state index >= 15 is 0 Å². The Balaban J connectivity index is 2.26. The highest BCUT2D eigenvalue weighted by atomic mass is 79.9. The Kier molecular flexibility index (Phi) is 5.18. The molecule has 0 aliphatic rings. The topological polar surface area (TPSA) is 24.9 Å². The van der Waals surface area contributed by atoms with Gasteiger partial charge in [0.25, 0.3) is 0 Å². The summed E-state index contributed by atoms with van der Waals surface area (Å²) in [7, 11) is 0. The summed E-state index contributed by atoms with van der Waals surface area (Å²) in [6.45, 7) is 3.00. The van der Waals surface area contributed by atoms with Crippen LogP contribution in [0.2, 0.25) is 5.02 Å². The van der Waals surface area contributed by atoms with Gasteiger partial charge in [0.05, 0.1) is 10.0 Å². The predicted octanol–water partition coefficient (Wildman–Crippen LogP) is 4.45. The number of halogens is 2. The molecule has 1 aromatic heterocycles. The van der Waals surface area contributed by atoms with Crippen LogP contribution in [-0.2, 0) is 6.42 Å². The number of thiazole rings is 1. The van der Waals surface area contributed by atoms with Crippen LogP contribution in [-0.4, -0.2) is 11.5 Å².